The minimum absolute atomic E-state index is 0.0803. The van der Waals surface area contributed by atoms with Crippen LogP contribution in [0.1, 0.15) is 52.0 Å². The predicted molar refractivity (Wildman–Crippen MR) is 117 cm³/mol. The number of amides is 1. The van der Waals surface area contributed by atoms with Crippen LogP contribution in [0.15, 0.2) is 24.5 Å². The molecule has 0 atom stereocenters. The average molecular weight is 395 g/mol. The number of anilines is 2. The van der Waals surface area contributed by atoms with Crippen LogP contribution < -0.4 is 10.2 Å². The van der Waals surface area contributed by atoms with Crippen molar-refractivity contribution in [3.05, 3.63) is 46.1 Å². The molecule has 0 bridgehead atoms. The maximum absolute atomic E-state index is 13.3. The first-order valence-corrected chi connectivity index (χ1v) is 10.7. The fourth-order valence-corrected chi connectivity index (χ4v) is 4.86. The molecule has 0 aliphatic carbocycles. The zero-order chi connectivity index (χ0) is 19.7. The van der Waals surface area contributed by atoms with Gasteiger partial charge in [-0.15, -0.1) is 11.3 Å². The van der Waals surface area contributed by atoms with Crippen molar-refractivity contribution in [2.24, 2.45) is 0 Å². The lowest BCUT2D eigenvalue weighted by atomic mass is 10.1. The SMILES string of the molecule is Cc1ccc(C)c(NC(=O)c2c(C)sc3ncnc(N4CCCCCC4)c23)c1. The number of nitrogens with one attached hydrogen (secondary N) is 1. The average Bonchev–Trinajstić information content (AvgIpc) is 2.83. The third-order valence-corrected chi connectivity index (χ3v) is 6.43. The van der Waals surface area contributed by atoms with Gasteiger partial charge in [0.25, 0.3) is 5.91 Å². The summed E-state index contributed by atoms with van der Waals surface area (Å²) >= 11 is 1.57. The summed E-state index contributed by atoms with van der Waals surface area (Å²) in [6.45, 7) is 8.01. The Morgan fingerprint density at radius 2 is 1.82 bits per heavy atom. The highest BCUT2D eigenvalue weighted by molar-refractivity contribution is 7.19. The van der Waals surface area contributed by atoms with E-state index in [2.05, 4.69) is 26.3 Å². The molecule has 3 aromatic rings. The van der Waals surface area contributed by atoms with E-state index in [4.69, 9.17) is 0 Å². The van der Waals surface area contributed by atoms with Crippen molar-refractivity contribution in [3.8, 4) is 0 Å². The highest BCUT2D eigenvalue weighted by atomic mass is 32.1. The Morgan fingerprint density at radius 1 is 1.07 bits per heavy atom. The molecule has 28 heavy (non-hydrogen) atoms. The fourth-order valence-electron chi connectivity index (χ4n) is 3.88. The van der Waals surface area contributed by atoms with Gasteiger partial charge in [-0.1, -0.05) is 25.0 Å². The molecule has 0 unspecified atom stereocenters. The first-order valence-electron chi connectivity index (χ1n) is 9.92. The van der Waals surface area contributed by atoms with Crippen molar-refractivity contribution >= 4 is 39.0 Å². The van der Waals surface area contributed by atoms with Gasteiger partial charge in [-0.25, -0.2) is 9.97 Å². The van der Waals surface area contributed by atoms with Crippen molar-refractivity contribution in [2.45, 2.75) is 46.5 Å². The van der Waals surface area contributed by atoms with Gasteiger partial charge in [-0.2, -0.15) is 0 Å². The third-order valence-electron chi connectivity index (χ3n) is 5.42. The van der Waals surface area contributed by atoms with Crippen LogP contribution >= 0.6 is 11.3 Å². The molecule has 1 N–H and O–H groups in total. The molecule has 0 radical (unpaired) electrons. The first-order chi connectivity index (χ1) is 13.5. The van der Waals surface area contributed by atoms with E-state index in [1.165, 1.54) is 25.7 Å². The molecule has 6 heteroatoms. The van der Waals surface area contributed by atoms with Gasteiger partial charge in [0.05, 0.1) is 10.9 Å². The Labute approximate surface area is 169 Å². The summed E-state index contributed by atoms with van der Waals surface area (Å²) in [5.74, 6) is 0.825. The largest absolute Gasteiger partial charge is 0.356 e. The van der Waals surface area contributed by atoms with Crippen LogP contribution in [-0.2, 0) is 0 Å². The summed E-state index contributed by atoms with van der Waals surface area (Å²) in [6, 6.07) is 6.11. The van der Waals surface area contributed by atoms with Gasteiger partial charge in [0.1, 0.15) is 17.0 Å². The van der Waals surface area contributed by atoms with Crippen molar-refractivity contribution in [3.63, 3.8) is 0 Å². The molecule has 4 rings (SSSR count). The molecule has 0 spiro atoms. The number of fused-ring (bicyclic) bond motifs is 1. The zero-order valence-electron chi connectivity index (χ0n) is 16.7. The number of hydrogen-bond donors (Lipinski definition) is 1. The van der Waals surface area contributed by atoms with E-state index < -0.39 is 0 Å². The molecule has 1 aliphatic heterocycles. The van der Waals surface area contributed by atoms with Gasteiger partial charge < -0.3 is 10.2 Å². The molecule has 3 heterocycles. The van der Waals surface area contributed by atoms with Crippen LogP contribution in [0.25, 0.3) is 10.2 Å². The van der Waals surface area contributed by atoms with Crippen LogP contribution in [-0.4, -0.2) is 29.0 Å². The van der Waals surface area contributed by atoms with E-state index in [0.717, 1.165) is 50.8 Å². The van der Waals surface area contributed by atoms with Gasteiger partial charge in [0.15, 0.2) is 0 Å². The minimum Gasteiger partial charge on any atom is -0.356 e. The molecule has 146 valence electrons. The quantitative estimate of drug-likeness (QED) is 0.659. The second-order valence-electron chi connectivity index (χ2n) is 7.58. The topological polar surface area (TPSA) is 58.1 Å². The summed E-state index contributed by atoms with van der Waals surface area (Å²) in [4.78, 5) is 26.6. The van der Waals surface area contributed by atoms with Gasteiger partial charge in [-0.05, 0) is 50.8 Å². The van der Waals surface area contributed by atoms with Gasteiger partial charge in [0.2, 0.25) is 0 Å². The second kappa shape index (κ2) is 7.87. The number of aryl methyl sites for hydroxylation is 3. The van der Waals surface area contributed by atoms with Crippen LogP contribution in [0.3, 0.4) is 0 Å². The monoisotopic (exact) mass is 394 g/mol. The Morgan fingerprint density at radius 3 is 2.57 bits per heavy atom. The molecular formula is C22H26N4OS. The number of thiophene rings is 1. The van der Waals surface area contributed by atoms with Gasteiger partial charge in [-0.3, -0.25) is 4.79 Å². The highest BCUT2D eigenvalue weighted by Gasteiger charge is 2.24. The van der Waals surface area contributed by atoms with Crippen LogP contribution in [0.4, 0.5) is 11.5 Å². The molecule has 2 aromatic heterocycles. The number of hydrogen-bond acceptors (Lipinski definition) is 5. The van der Waals surface area contributed by atoms with Crippen LogP contribution in [0.5, 0.6) is 0 Å². The first kappa shape index (κ1) is 18.9. The second-order valence-corrected chi connectivity index (χ2v) is 8.79. The Hall–Kier alpha value is -2.47. The fraction of sp³-hybridized carbons (Fsp3) is 0.409. The molecule has 0 saturated carbocycles. The number of carbonyl (C=O) groups is 1. The van der Waals surface area contributed by atoms with Crippen molar-refractivity contribution in [1.82, 2.24) is 9.97 Å². The molecule has 5 nitrogen and oxygen atoms in total. The predicted octanol–water partition coefficient (Wildman–Crippen LogP) is 5.25. The Bertz CT molecular complexity index is 1020. The summed E-state index contributed by atoms with van der Waals surface area (Å²) in [5.41, 5.74) is 3.75. The standard InChI is InChI=1S/C22H26N4OS/c1-14-8-9-15(2)17(12-14)25-21(27)18-16(3)28-22-19(18)20(23-13-24-22)26-10-6-4-5-7-11-26/h8-9,12-13H,4-7,10-11H2,1-3H3,(H,25,27). The van der Waals surface area contributed by atoms with Gasteiger partial charge in [0, 0.05) is 23.7 Å². The molecular weight excluding hydrogens is 368 g/mol. The molecule has 1 aromatic carbocycles. The molecule has 1 fully saturated rings. The summed E-state index contributed by atoms with van der Waals surface area (Å²) in [5, 5.41) is 4.02. The smallest absolute Gasteiger partial charge is 0.257 e. The number of benzene rings is 1. The molecule has 1 saturated heterocycles. The lowest BCUT2D eigenvalue weighted by molar-refractivity contribution is 0.102. The van der Waals surface area contributed by atoms with Crippen LogP contribution in [0.2, 0.25) is 0 Å². The van der Waals surface area contributed by atoms with E-state index >= 15 is 0 Å². The van der Waals surface area contributed by atoms with E-state index in [-0.39, 0.29) is 5.91 Å². The van der Waals surface area contributed by atoms with Crippen molar-refractivity contribution in [1.29, 1.82) is 0 Å². The normalized spacial score (nSPS) is 14.9. The maximum Gasteiger partial charge on any atom is 0.257 e. The highest BCUT2D eigenvalue weighted by Crippen LogP contribution is 2.36. The number of aromatic nitrogens is 2. The molecule has 1 amide bonds. The van der Waals surface area contributed by atoms with E-state index in [1.54, 1.807) is 17.7 Å². The third kappa shape index (κ3) is 3.61. The van der Waals surface area contributed by atoms with E-state index in [9.17, 15) is 4.79 Å². The Balaban J connectivity index is 1.77. The number of rotatable bonds is 3. The van der Waals surface area contributed by atoms with E-state index in [1.807, 2.05) is 32.9 Å². The number of nitrogens with zero attached hydrogens (tertiary/aromatic N) is 3. The summed E-state index contributed by atoms with van der Waals surface area (Å²) < 4.78 is 0. The van der Waals surface area contributed by atoms with Crippen LogP contribution in [0, 0.1) is 20.8 Å². The summed E-state index contributed by atoms with van der Waals surface area (Å²) in [7, 11) is 0. The number of carbonyl (C=O) groups excluding carboxylic acids is 1. The molecule has 1 aliphatic rings. The maximum atomic E-state index is 13.3. The lowest BCUT2D eigenvalue weighted by Crippen LogP contribution is -2.25. The van der Waals surface area contributed by atoms with Crippen molar-refractivity contribution < 1.29 is 4.79 Å². The minimum atomic E-state index is -0.0803. The van der Waals surface area contributed by atoms with Crippen molar-refractivity contribution in [2.75, 3.05) is 23.3 Å². The Kier molecular flexibility index (Phi) is 5.31. The summed E-state index contributed by atoms with van der Waals surface area (Å²) in [6.07, 6.45) is 6.48. The van der Waals surface area contributed by atoms with Gasteiger partial charge >= 0.3 is 0 Å². The van der Waals surface area contributed by atoms with E-state index in [0.29, 0.717) is 5.56 Å². The zero-order valence-corrected chi connectivity index (χ0v) is 17.5. The lowest BCUT2D eigenvalue weighted by Gasteiger charge is -2.22.